The molecule has 1 aromatic carbocycles. The highest BCUT2D eigenvalue weighted by molar-refractivity contribution is 6.02. The zero-order valence-corrected chi connectivity index (χ0v) is 13.0. The van der Waals surface area contributed by atoms with E-state index in [1.54, 1.807) is 18.2 Å². The van der Waals surface area contributed by atoms with Crippen LogP contribution in [0.4, 0.5) is 5.69 Å². The van der Waals surface area contributed by atoms with Crippen LogP contribution in [0.3, 0.4) is 0 Å². The number of rotatable bonds is 4. The molecule has 1 fully saturated rings. The molecule has 2 N–H and O–H groups in total. The summed E-state index contributed by atoms with van der Waals surface area (Å²) in [6.07, 6.45) is 0.895. The average molecular weight is 292 g/mol. The Kier molecular flexibility index (Phi) is 5.07. The fraction of sp³-hybridized carbons (Fsp3) is 0.562. The van der Waals surface area contributed by atoms with Crippen molar-refractivity contribution in [2.75, 3.05) is 25.5 Å². The number of nitrogens with zero attached hydrogens (tertiary/aromatic N) is 1. The molecule has 1 aliphatic rings. The van der Waals surface area contributed by atoms with Gasteiger partial charge in [0.05, 0.1) is 25.4 Å². The first kappa shape index (κ1) is 15.6. The van der Waals surface area contributed by atoms with Crippen LogP contribution in [0.5, 0.6) is 5.75 Å². The molecule has 2 unspecified atom stereocenters. The maximum Gasteiger partial charge on any atom is 0.260 e. The lowest BCUT2D eigenvalue weighted by molar-refractivity contribution is -0.0444. The number of carbonyl (C=O) groups excluding carboxylic acids is 1. The van der Waals surface area contributed by atoms with Crippen LogP contribution in [-0.4, -0.2) is 42.7 Å². The Bertz CT molecular complexity index is 504. The first-order valence-corrected chi connectivity index (χ1v) is 7.52. The van der Waals surface area contributed by atoms with E-state index in [9.17, 15) is 4.79 Å². The Balaban J connectivity index is 2.33. The first-order valence-electron chi connectivity index (χ1n) is 7.52. The molecule has 21 heavy (non-hydrogen) atoms. The summed E-state index contributed by atoms with van der Waals surface area (Å²) in [6.45, 7) is 7.58. The second-order valence-electron chi connectivity index (χ2n) is 5.32. The summed E-state index contributed by atoms with van der Waals surface area (Å²) in [7, 11) is 0. The number of carbonyl (C=O) groups is 1. The van der Waals surface area contributed by atoms with E-state index in [4.69, 9.17) is 15.2 Å². The summed E-state index contributed by atoms with van der Waals surface area (Å²) in [4.78, 5) is 14.8. The van der Waals surface area contributed by atoms with Crippen LogP contribution in [0.15, 0.2) is 18.2 Å². The highest BCUT2D eigenvalue weighted by atomic mass is 16.5. The van der Waals surface area contributed by atoms with Crippen molar-refractivity contribution in [3.8, 4) is 5.75 Å². The van der Waals surface area contributed by atoms with E-state index in [0.29, 0.717) is 36.8 Å². The van der Waals surface area contributed by atoms with Gasteiger partial charge in [0, 0.05) is 12.2 Å². The Hall–Kier alpha value is -1.75. The van der Waals surface area contributed by atoms with Crippen molar-refractivity contribution >= 4 is 11.6 Å². The van der Waals surface area contributed by atoms with Crippen molar-refractivity contribution in [3.63, 3.8) is 0 Å². The molecular weight excluding hydrogens is 268 g/mol. The largest absolute Gasteiger partial charge is 0.493 e. The number of ether oxygens (including phenoxy) is 2. The molecule has 0 aliphatic carbocycles. The summed E-state index contributed by atoms with van der Waals surface area (Å²) in [5, 5.41) is 0. The predicted molar refractivity (Wildman–Crippen MR) is 82.6 cm³/mol. The van der Waals surface area contributed by atoms with Gasteiger partial charge in [-0.15, -0.1) is 0 Å². The number of anilines is 1. The summed E-state index contributed by atoms with van der Waals surface area (Å²) >= 11 is 0. The summed E-state index contributed by atoms with van der Waals surface area (Å²) in [5.41, 5.74) is 6.95. The second kappa shape index (κ2) is 6.80. The highest BCUT2D eigenvalue weighted by Crippen LogP contribution is 2.28. The third kappa shape index (κ3) is 3.29. The molecule has 1 aliphatic heterocycles. The molecule has 5 heteroatoms. The van der Waals surface area contributed by atoms with E-state index in [1.807, 2.05) is 18.7 Å². The molecule has 2 rings (SSSR count). The van der Waals surface area contributed by atoms with E-state index in [-0.39, 0.29) is 18.1 Å². The highest BCUT2D eigenvalue weighted by Gasteiger charge is 2.32. The van der Waals surface area contributed by atoms with Gasteiger partial charge in [-0.1, -0.05) is 13.0 Å². The third-order valence-electron chi connectivity index (χ3n) is 3.77. The minimum absolute atomic E-state index is 0.0391. The number of amides is 1. The quantitative estimate of drug-likeness (QED) is 0.865. The van der Waals surface area contributed by atoms with Gasteiger partial charge in [0.2, 0.25) is 0 Å². The van der Waals surface area contributed by atoms with Crippen molar-refractivity contribution in [1.82, 2.24) is 4.90 Å². The molecule has 0 aromatic heterocycles. The molecule has 2 atom stereocenters. The monoisotopic (exact) mass is 292 g/mol. The predicted octanol–water partition coefficient (Wildman–Crippen LogP) is 2.31. The molecular formula is C16H24N2O3. The Morgan fingerprint density at radius 3 is 2.90 bits per heavy atom. The Morgan fingerprint density at radius 1 is 1.48 bits per heavy atom. The van der Waals surface area contributed by atoms with Crippen molar-refractivity contribution in [3.05, 3.63) is 23.8 Å². The lowest BCUT2D eigenvalue weighted by atomic mass is 10.1. The third-order valence-corrected chi connectivity index (χ3v) is 3.77. The number of hydrogen-bond acceptors (Lipinski definition) is 4. The number of nitrogen functional groups attached to an aromatic ring is 1. The van der Waals surface area contributed by atoms with Gasteiger partial charge in [0.1, 0.15) is 11.3 Å². The van der Waals surface area contributed by atoms with Gasteiger partial charge < -0.3 is 20.1 Å². The molecule has 5 nitrogen and oxygen atoms in total. The minimum Gasteiger partial charge on any atom is -0.493 e. The lowest BCUT2D eigenvalue weighted by Crippen LogP contribution is -2.51. The van der Waals surface area contributed by atoms with Gasteiger partial charge in [0.15, 0.2) is 0 Å². The zero-order valence-electron chi connectivity index (χ0n) is 13.0. The van der Waals surface area contributed by atoms with Crippen LogP contribution in [0.2, 0.25) is 0 Å². The van der Waals surface area contributed by atoms with Crippen LogP contribution in [0.1, 0.15) is 37.6 Å². The number of benzene rings is 1. The van der Waals surface area contributed by atoms with E-state index in [0.717, 1.165) is 6.42 Å². The van der Waals surface area contributed by atoms with Crippen molar-refractivity contribution in [2.45, 2.75) is 39.3 Å². The van der Waals surface area contributed by atoms with Gasteiger partial charge in [-0.2, -0.15) is 0 Å². The first-order chi connectivity index (χ1) is 10.1. The van der Waals surface area contributed by atoms with Crippen LogP contribution in [0.25, 0.3) is 0 Å². The molecule has 1 aromatic rings. The van der Waals surface area contributed by atoms with E-state index in [2.05, 4.69) is 6.92 Å². The Labute approximate surface area is 126 Å². The average Bonchev–Trinajstić information content (AvgIpc) is 2.47. The van der Waals surface area contributed by atoms with Gasteiger partial charge in [-0.3, -0.25) is 4.79 Å². The smallest absolute Gasteiger partial charge is 0.260 e. The van der Waals surface area contributed by atoms with Crippen molar-refractivity contribution < 1.29 is 14.3 Å². The van der Waals surface area contributed by atoms with E-state index >= 15 is 0 Å². The molecule has 1 amide bonds. The van der Waals surface area contributed by atoms with Gasteiger partial charge >= 0.3 is 0 Å². The second-order valence-corrected chi connectivity index (χ2v) is 5.32. The zero-order chi connectivity index (χ0) is 15.4. The normalized spacial score (nSPS) is 22.1. The van der Waals surface area contributed by atoms with Gasteiger partial charge in [-0.25, -0.2) is 0 Å². The van der Waals surface area contributed by atoms with Crippen LogP contribution in [-0.2, 0) is 4.74 Å². The van der Waals surface area contributed by atoms with Crippen molar-refractivity contribution in [1.29, 1.82) is 0 Å². The molecule has 0 spiro atoms. The van der Waals surface area contributed by atoms with E-state index in [1.165, 1.54) is 0 Å². The standard InChI is InChI=1S/C16H24N2O3/c1-4-12-10-21-11(3)9-18(12)16(19)15-13(17)7-6-8-14(15)20-5-2/h6-8,11-12H,4-5,9-10,17H2,1-3H3. The molecule has 0 bridgehead atoms. The molecule has 0 radical (unpaired) electrons. The SMILES string of the molecule is CCOc1cccc(N)c1C(=O)N1CC(C)OCC1CC. The van der Waals surface area contributed by atoms with E-state index < -0.39 is 0 Å². The fourth-order valence-electron chi connectivity index (χ4n) is 2.63. The topological polar surface area (TPSA) is 64.8 Å². The number of nitrogens with two attached hydrogens (primary N) is 1. The van der Waals surface area contributed by atoms with Gasteiger partial charge in [0.25, 0.3) is 5.91 Å². The fourth-order valence-corrected chi connectivity index (χ4v) is 2.63. The maximum absolute atomic E-state index is 12.9. The summed E-state index contributed by atoms with van der Waals surface area (Å²) < 4.78 is 11.2. The number of hydrogen-bond donors (Lipinski definition) is 1. The number of morpholine rings is 1. The van der Waals surface area contributed by atoms with Crippen molar-refractivity contribution in [2.24, 2.45) is 0 Å². The molecule has 0 saturated carbocycles. The molecule has 116 valence electrons. The maximum atomic E-state index is 12.9. The molecule has 1 saturated heterocycles. The van der Waals surface area contributed by atoms with Crippen LogP contribution in [0, 0.1) is 0 Å². The summed E-state index contributed by atoms with van der Waals surface area (Å²) in [5.74, 6) is 0.482. The van der Waals surface area contributed by atoms with Gasteiger partial charge in [-0.05, 0) is 32.4 Å². The Morgan fingerprint density at radius 2 is 2.24 bits per heavy atom. The summed E-state index contributed by atoms with van der Waals surface area (Å²) in [6, 6.07) is 5.41. The minimum atomic E-state index is -0.0708. The van der Waals surface area contributed by atoms with Crippen LogP contribution >= 0.6 is 0 Å². The molecule has 1 heterocycles. The lowest BCUT2D eigenvalue weighted by Gasteiger charge is -2.38. The van der Waals surface area contributed by atoms with Crippen LogP contribution < -0.4 is 10.5 Å².